The van der Waals surface area contributed by atoms with Gasteiger partial charge in [0.15, 0.2) is 0 Å². The molecular weight excluding hydrogens is 373 g/mol. The summed E-state index contributed by atoms with van der Waals surface area (Å²) < 4.78 is 45.7. The predicted molar refractivity (Wildman–Crippen MR) is 100 cm³/mol. The molecule has 0 aliphatic heterocycles. The molecule has 2 atom stereocenters. The average Bonchev–Trinajstić information content (AvgIpc) is 2.62. The molecule has 1 amide bonds. The van der Waals surface area contributed by atoms with Crippen LogP contribution in [0.3, 0.4) is 0 Å². The van der Waals surface area contributed by atoms with Crippen LogP contribution in [0.2, 0.25) is 0 Å². The highest BCUT2D eigenvalue weighted by Crippen LogP contribution is 2.27. The van der Waals surface area contributed by atoms with Crippen LogP contribution in [0.5, 0.6) is 11.5 Å². The first-order valence-electron chi connectivity index (χ1n) is 8.66. The number of carbonyl (C=O) groups is 1. The molecule has 0 saturated heterocycles. The van der Waals surface area contributed by atoms with E-state index in [4.69, 9.17) is 4.74 Å². The van der Waals surface area contributed by atoms with Gasteiger partial charge >= 0.3 is 6.36 Å². The number of rotatable bonds is 7. The Labute approximate surface area is 161 Å². The van der Waals surface area contributed by atoms with Crippen molar-refractivity contribution in [3.63, 3.8) is 0 Å². The number of hydrogen-bond acceptors (Lipinski definition) is 4. The van der Waals surface area contributed by atoms with Crippen molar-refractivity contribution in [2.45, 2.75) is 39.2 Å². The maximum Gasteiger partial charge on any atom is 0.573 e. The first kappa shape index (κ1) is 21.6. The first-order valence-corrected chi connectivity index (χ1v) is 8.66. The van der Waals surface area contributed by atoms with Gasteiger partial charge in [0.05, 0.1) is 13.2 Å². The van der Waals surface area contributed by atoms with Gasteiger partial charge < -0.3 is 14.8 Å². The van der Waals surface area contributed by atoms with E-state index in [1.807, 2.05) is 32.0 Å². The lowest BCUT2D eigenvalue weighted by Gasteiger charge is -2.22. The molecule has 2 aromatic carbocycles. The molecule has 0 radical (unpaired) electrons. The highest BCUT2D eigenvalue weighted by atomic mass is 19.4. The molecule has 0 aliphatic rings. The molecule has 0 heterocycles. The highest BCUT2D eigenvalue weighted by molar-refractivity contribution is 5.94. The molecule has 8 heteroatoms. The molecule has 0 aliphatic carbocycles. The summed E-state index contributed by atoms with van der Waals surface area (Å²) in [6, 6.07) is 10.1. The zero-order valence-corrected chi connectivity index (χ0v) is 16.1. The number of ether oxygens (including phenoxy) is 2. The fraction of sp³-hybridized carbons (Fsp3) is 0.350. The van der Waals surface area contributed by atoms with Crippen LogP contribution in [0.25, 0.3) is 0 Å². The minimum absolute atomic E-state index is 0.154. The number of methoxy groups -OCH3 is 1. The van der Waals surface area contributed by atoms with E-state index in [0.717, 1.165) is 29.0 Å². The standard InChI is InChI=1S/C20H23F3N2O3/c1-12-5-10-18(27-4)17(11-12)13(2)24-14(3)19(26)25-15-6-8-16(9-7-15)28-20(21,22)23/h5-11,13-14,24H,1-4H3,(H,25,26). The lowest BCUT2D eigenvalue weighted by Crippen LogP contribution is -2.39. The molecule has 2 unspecified atom stereocenters. The van der Waals surface area contributed by atoms with Gasteiger partial charge in [0, 0.05) is 17.3 Å². The normalized spacial score (nSPS) is 13.5. The van der Waals surface area contributed by atoms with Gasteiger partial charge in [-0.15, -0.1) is 13.2 Å². The Morgan fingerprint density at radius 3 is 2.29 bits per heavy atom. The molecule has 0 spiro atoms. The molecule has 5 nitrogen and oxygen atoms in total. The van der Waals surface area contributed by atoms with Crippen LogP contribution >= 0.6 is 0 Å². The smallest absolute Gasteiger partial charge is 0.496 e. The van der Waals surface area contributed by atoms with Gasteiger partial charge in [-0.25, -0.2) is 0 Å². The van der Waals surface area contributed by atoms with Gasteiger partial charge in [0.25, 0.3) is 0 Å². The Hall–Kier alpha value is -2.74. The van der Waals surface area contributed by atoms with Crippen LogP contribution in [0.4, 0.5) is 18.9 Å². The van der Waals surface area contributed by atoms with Gasteiger partial charge in [-0.1, -0.05) is 17.7 Å². The third-order valence-electron chi connectivity index (χ3n) is 4.10. The van der Waals surface area contributed by atoms with Crippen LogP contribution in [-0.4, -0.2) is 25.4 Å². The van der Waals surface area contributed by atoms with Gasteiger partial charge in [-0.05, 0) is 51.1 Å². The van der Waals surface area contributed by atoms with Gasteiger partial charge in [0.1, 0.15) is 11.5 Å². The number of benzene rings is 2. The Morgan fingerprint density at radius 1 is 1.07 bits per heavy atom. The Balaban J connectivity index is 1.98. The van der Waals surface area contributed by atoms with Crippen molar-refractivity contribution in [1.82, 2.24) is 5.32 Å². The first-order chi connectivity index (χ1) is 13.1. The van der Waals surface area contributed by atoms with Crippen LogP contribution in [-0.2, 0) is 4.79 Å². The SMILES string of the molecule is COc1ccc(C)cc1C(C)NC(C)C(=O)Nc1ccc(OC(F)(F)F)cc1. The monoisotopic (exact) mass is 396 g/mol. The Bertz CT molecular complexity index is 807. The van der Waals surface area contributed by atoms with E-state index in [9.17, 15) is 18.0 Å². The molecule has 0 bridgehead atoms. The fourth-order valence-electron chi connectivity index (χ4n) is 2.72. The molecule has 0 fully saturated rings. The maximum absolute atomic E-state index is 12.4. The largest absolute Gasteiger partial charge is 0.573 e. The van der Waals surface area contributed by atoms with E-state index in [1.165, 1.54) is 12.1 Å². The minimum Gasteiger partial charge on any atom is -0.496 e. The second kappa shape index (κ2) is 8.97. The van der Waals surface area contributed by atoms with Crippen LogP contribution in [0.15, 0.2) is 42.5 Å². The van der Waals surface area contributed by atoms with E-state index in [2.05, 4.69) is 15.4 Å². The van der Waals surface area contributed by atoms with Crippen molar-refractivity contribution < 1.29 is 27.4 Å². The lowest BCUT2D eigenvalue weighted by molar-refractivity contribution is -0.274. The molecule has 0 saturated carbocycles. The number of carbonyl (C=O) groups excluding carboxylic acids is 1. The topological polar surface area (TPSA) is 59.6 Å². The van der Waals surface area contributed by atoms with E-state index in [0.29, 0.717) is 5.69 Å². The number of hydrogen-bond donors (Lipinski definition) is 2. The van der Waals surface area contributed by atoms with Crippen molar-refractivity contribution in [1.29, 1.82) is 0 Å². The number of nitrogens with one attached hydrogen (secondary N) is 2. The Kier molecular flexibility index (Phi) is 6.90. The van der Waals surface area contributed by atoms with Crippen LogP contribution < -0.4 is 20.1 Å². The molecule has 2 aromatic rings. The summed E-state index contributed by atoms with van der Waals surface area (Å²) in [7, 11) is 1.59. The number of aryl methyl sites for hydroxylation is 1. The molecule has 28 heavy (non-hydrogen) atoms. The Morgan fingerprint density at radius 2 is 1.71 bits per heavy atom. The van der Waals surface area contributed by atoms with Crippen molar-refractivity contribution in [2.24, 2.45) is 0 Å². The second-order valence-corrected chi connectivity index (χ2v) is 6.42. The van der Waals surface area contributed by atoms with E-state index >= 15 is 0 Å². The zero-order chi connectivity index (χ0) is 20.9. The lowest BCUT2D eigenvalue weighted by atomic mass is 10.0. The summed E-state index contributed by atoms with van der Waals surface area (Å²) in [6.45, 7) is 5.59. The average molecular weight is 396 g/mol. The minimum atomic E-state index is -4.75. The van der Waals surface area contributed by atoms with Gasteiger partial charge in [0.2, 0.25) is 5.91 Å². The summed E-state index contributed by atoms with van der Waals surface area (Å²) in [5.41, 5.74) is 2.37. The van der Waals surface area contributed by atoms with Crippen LogP contribution in [0, 0.1) is 6.92 Å². The van der Waals surface area contributed by atoms with E-state index in [1.54, 1.807) is 14.0 Å². The van der Waals surface area contributed by atoms with Crippen molar-refractivity contribution in [3.05, 3.63) is 53.6 Å². The summed E-state index contributed by atoms with van der Waals surface area (Å²) in [5, 5.41) is 5.85. The van der Waals surface area contributed by atoms with Gasteiger partial charge in [-0.3, -0.25) is 10.1 Å². The van der Waals surface area contributed by atoms with Crippen molar-refractivity contribution in [3.8, 4) is 11.5 Å². The second-order valence-electron chi connectivity index (χ2n) is 6.42. The van der Waals surface area contributed by atoms with Gasteiger partial charge in [-0.2, -0.15) is 0 Å². The van der Waals surface area contributed by atoms with Crippen molar-refractivity contribution >= 4 is 11.6 Å². The number of halogens is 3. The predicted octanol–water partition coefficient (Wildman–Crippen LogP) is 4.58. The molecule has 0 aromatic heterocycles. The summed E-state index contributed by atoms with van der Waals surface area (Å²) >= 11 is 0. The molecular formula is C20H23F3N2O3. The fourth-order valence-corrected chi connectivity index (χ4v) is 2.72. The van der Waals surface area contributed by atoms with E-state index < -0.39 is 12.4 Å². The highest BCUT2D eigenvalue weighted by Gasteiger charge is 2.31. The van der Waals surface area contributed by atoms with E-state index in [-0.39, 0.29) is 17.7 Å². The van der Waals surface area contributed by atoms with Crippen LogP contribution in [0.1, 0.15) is 31.0 Å². The summed E-state index contributed by atoms with van der Waals surface area (Å²) in [4.78, 5) is 12.4. The number of anilines is 1. The summed E-state index contributed by atoms with van der Waals surface area (Å²) in [5.74, 6) is 0.0539. The van der Waals surface area contributed by atoms with Crippen molar-refractivity contribution in [2.75, 3.05) is 12.4 Å². The number of amides is 1. The maximum atomic E-state index is 12.4. The third kappa shape index (κ3) is 6.16. The molecule has 152 valence electrons. The summed E-state index contributed by atoms with van der Waals surface area (Å²) in [6.07, 6.45) is -4.75. The third-order valence-corrected chi connectivity index (χ3v) is 4.10. The molecule has 2 rings (SSSR count). The molecule has 2 N–H and O–H groups in total. The quantitative estimate of drug-likeness (QED) is 0.719. The zero-order valence-electron chi connectivity index (χ0n) is 16.1. The number of alkyl halides is 3.